The Bertz CT molecular complexity index is 521. The van der Waals surface area contributed by atoms with E-state index < -0.39 is 0 Å². The molecule has 0 saturated carbocycles. The molecule has 2 aromatic rings. The van der Waals surface area contributed by atoms with E-state index >= 15 is 0 Å². The van der Waals surface area contributed by atoms with Crippen LogP contribution in [0.4, 0.5) is 11.4 Å². The maximum absolute atomic E-state index is 5.87. The summed E-state index contributed by atoms with van der Waals surface area (Å²) in [6.45, 7) is 4.88. The molecule has 88 valence electrons. The summed E-state index contributed by atoms with van der Waals surface area (Å²) in [5, 5.41) is 3.39. The van der Waals surface area contributed by atoms with E-state index in [1.165, 1.54) is 11.1 Å². The minimum Gasteiger partial charge on any atom is -0.398 e. The number of aromatic nitrogens is 1. The van der Waals surface area contributed by atoms with Crippen molar-refractivity contribution in [3.8, 4) is 0 Å². The Morgan fingerprint density at radius 2 is 2.06 bits per heavy atom. The summed E-state index contributed by atoms with van der Waals surface area (Å²) in [4.78, 5) is 4.13. The van der Waals surface area contributed by atoms with Crippen molar-refractivity contribution in [3.05, 3.63) is 53.3 Å². The molecule has 1 aromatic heterocycles. The van der Waals surface area contributed by atoms with Crippen molar-refractivity contribution < 1.29 is 0 Å². The van der Waals surface area contributed by atoms with Crippen molar-refractivity contribution in [2.75, 3.05) is 11.1 Å². The zero-order chi connectivity index (χ0) is 12.3. The number of benzene rings is 1. The van der Waals surface area contributed by atoms with Crippen LogP contribution < -0.4 is 11.1 Å². The number of hydrogen-bond acceptors (Lipinski definition) is 3. The highest BCUT2D eigenvalue weighted by atomic mass is 14.9. The van der Waals surface area contributed by atoms with Crippen LogP contribution in [-0.2, 0) is 6.54 Å². The van der Waals surface area contributed by atoms with Crippen LogP contribution >= 0.6 is 0 Å². The van der Waals surface area contributed by atoms with Gasteiger partial charge in [-0.05, 0) is 48.7 Å². The van der Waals surface area contributed by atoms with Gasteiger partial charge in [0.05, 0.1) is 0 Å². The number of hydrogen-bond donors (Lipinski definition) is 2. The van der Waals surface area contributed by atoms with Gasteiger partial charge in [0.1, 0.15) is 0 Å². The second kappa shape index (κ2) is 4.87. The van der Waals surface area contributed by atoms with Gasteiger partial charge >= 0.3 is 0 Å². The average Bonchev–Trinajstić information content (AvgIpc) is 2.33. The van der Waals surface area contributed by atoms with Crippen LogP contribution in [0, 0.1) is 13.8 Å². The molecule has 0 amide bonds. The lowest BCUT2D eigenvalue weighted by Crippen LogP contribution is -2.04. The first kappa shape index (κ1) is 11.5. The van der Waals surface area contributed by atoms with E-state index in [4.69, 9.17) is 5.73 Å². The Labute approximate surface area is 102 Å². The third kappa shape index (κ3) is 2.56. The topological polar surface area (TPSA) is 50.9 Å². The lowest BCUT2D eigenvalue weighted by Gasteiger charge is -2.12. The Balaban J connectivity index is 2.13. The van der Waals surface area contributed by atoms with E-state index in [1.807, 2.05) is 43.6 Å². The highest BCUT2D eigenvalue weighted by molar-refractivity contribution is 5.62. The fraction of sp³-hybridized carbons (Fsp3) is 0.214. The monoisotopic (exact) mass is 227 g/mol. The predicted molar refractivity (Wildman–Crippen MR) is 71.9 cm³/mol. The Kier molecular flexibility index (Phi) is 3.28. The molecule has 0 spiro atoms. The van der Waals surface area contributed by atoms with Gasteiger partial charge in [-0.25, -0.2) is 0 Å². The summed E-state index contributed by atoms with van der Waals surface area (Å²) in [5.41, 5.74) is 11.3. The third-order valence-electron chi connectivity index (χ3n) is 2.99. The molecule has 17 heavy (non-hydrogen) atoms. The maximum atomic E-state index is 5.87. The number of nitrogens with two attached hydrogens (primary N) is 1. The van der Waals surface area contributed by atoms with Crippen LogP contribution in [0.1, 0.15) is 16.7 Å². The molecule has 1 heterocycles. The molecule has 0 atom stereocenters. The summed E-state index contributed by atoms with van der Waals surface area (Å²) >= 11 is 0. The molecule has 2 rings (SSSR count). The van der Waals surface area contributed by atoms with Crippen LogP contribution in [0.3, 0.4) is 0 Å². The third-order valence-corrected chi connectivity index (χ3v) is 2.99. The normalized spacial score (nSPS) is 10.2. The van der Waals surface area contributed by atoms with Crippen LogP contribution in [0.2, 0.25) is 0 Å². The molecule has 0 unspecified atom stereocenters. The van der Waals surface area contributed by atoms with E-state index in [2.05, 4.69) is 17.2 Å². The van der Waals surface area contributed by atoms with Crippen LogP contribution in [0.25, 0.3) is 0 Å². The Hall–Kier alpha value is -2.03. The number of nitrogen functional groups attached to an aromatic ring is 1. The fourth-order valence-electron chi connectivity index (χ4n) is 1.72. The van der Waals surface area contributed by atoms with Gasteiger partial charge in [-0.3, -0.25) is 4.98 Å². The summed E-state index contributed by atoms with van der Waals surface area (Å²) in [6, 6.07) is 7.93. The van der Waals surface area contributed by atoms with Crippen molar-refractivity contribution in [1.82, 2.24) is 4.98 Å². The standard InChI is InChI=1S/C14H17N3/c1-10-6-7-16-8-12(10)9-17-14-5-3-4-13(15)11(14)2/h3-8,17H,9,15H2,1-2H3. The first-order chi connectivity index (χ1) is 8.18. The van der Waals surface area contributed by atoms with Crippen LogP contribution in [0.5, 0.6) is 0 Å². The minimum absolute atomic E-state index is 0.768. The SMILES string of the molecule is Cc1ccncc1CNc1cccc(N)c1C. The number of aryl methyl sites for hydroxylation is 1. The van der Waals surface area contributed by atoms with Gasteiger partial charge in [-0.1, -0.05) is 6.07 Å². The largest absolute Gasteiger partial charge is 0.398 e. The molecule has 0 aliphatic carbocycles. The van der Waals surface area contributed by atoms with Gasteiger partial charge in [0.2, 0.25) is 0 Å². The predicted octanol–water partition coefficient (Wildman–Crippen LogP) is 2.89. The van der Waals surface area contributed by atoms with Gasteiger partial charge in [-0.2, -0.15) is 0 Å². The van der Waals surface area contributed by atoms with E-state index in [0.29, 0.717) is 0 Å². The van der Waals surface area contributed by atoms with Crippen LogP contribution in [-0.4, -0.2) is 4.98 Å². The lowest BCUT2D eigenvalue weighted by molar-refractivity contribution is 1.08. The molecular formula is C14H17N3. The number of pyridine rings is 1. The number of rotatable bonds is 3. The van der Waals surface area contributed by atoms with Gasteiger partial charge in [0.15, 0.2) is 0 Å². The zero-order valence-corrected chi connectivity index (χ0v) is 10.2. The highest BCUT2D eigenvalue weighted by Gasteiger charge is 2.02. The fourth-order valence-corrected chi connectivity index (χ4v) is 1.72. The van der Waals surface area contributed by atoms with E-state index in [1.54, 1.807) is 0 Å². The molecule has 0 aliphatic rings. The maximum Gasteiger partial charge on any atom is 0.0418 e. The first-order valence-corrected chi connectivity index (χ1v) is 5.67. The summed E-state index contributed by atoms with van der Waals surface area (Å²) in [6.07, 6.45) is 3.70. The minimum atomic E-state index is 0.768. The van der Waals surface area contributed by atoms with Crippen LogP contribution in [0.15, 0.2) is 36.7 Å². The molecule has 3 heteroatoms. The summed E-state index contributed by atoms with van der Waals surface area (Å²) in [7, 11) is 0. The number of nitrogens with one attached hydrogen (secondary N) is 1. The van der Waals surface area contributed by atoms with E-state index in [0.717, 1.165) is 23.5 Å². The Morgan fingerprint density at radius 1 is 1.24 bits per heavy atom. The van der Waals surface area contributed by atoms with Gasteiger partial charge in [-0.15, -0.1) is 0 Å². The molecule has 0 saturated heterocycles. The second-order valence-corrected chi connectivity index (χ2v) is 4.18. The van der Waals surface area contributed by atoms with Crippen molar-refractivity contribution in [3.63, 3.8) is 0 Å². The average molecular weight is 227 g/mol. The molecule has 3 nitrogen and oxygen atoms in total. The van der Waals surface area contributed by atoms with Crippen molar-refractivity contribution in [2.24, 2.45) is 0 Å². The molecular weight excluding hydrogens is 210 g/mol. The van der Waals surface area contributed by atoms with Crippen molar-refractivity contribution in [2.45, 2.75) is 20.4 Å². The van der Waals surface area contributed by atoms with Crippen molar-refractivity contribution in [1.29, 1.82) is 0 Å². The summed E-state index contributed by atoms with van der Waals surface area (Å²) < 4.78 is 0. The second-order valence-electron chi connectivity index (χ2n) is 4.18. The van der Waals surface area contributed by atoms with Gasteiger partial charge in [0.25, 0.3) is 0 Å². The number of nitrogens with zero attached hydrogens (tertiary/aromatic N) is 1. The van der Waals surface area contributed by atoms with Gasteiger partial charge in [0, 0.05) is 30.3 Å². The molecule has 1 aromatic carbocycles. The highest BCUT2D eigenvalue weighted by Crippen LogP contribution is 2.21. The first-order valence-electron chi connectivity index (χ1n) is 5.67. The Morgan fingerprint density at radius 3 is 2.82 bits per heavy atom. The molecule has 0 aliphatic heterocycles. The number of anilines is 2. The van der Waals surface area contributed by atoms with E-state index in [9.17, 15) is 0 Å². The summed E-state index contributed by atoms with van der Waals surface area (Å²) in [5.74, 6) is 0. The quantitative estimate of drug-likeness (QED) is 0.793. The van der Waals surface area contributed by atoms with Gasteiger partial charge < -0.3 is 11.1 Å². The smallest absolute Gasteiger partial charge is 0.0418 e. The lowest BCUT2D eigenvalue weighted by atomic mass is 10.1. The zero-order valence-electron chi connectivity index (χ0n) is 10.2. The van der Waals surface area contributed by atoms with Crippen molar-refractivity contribution >= 4 is 11.4 Å². The molecule has 0 bridgehead atoms. The molecule has 3 N–H and O–H groups in total. The molecule has 0 radical (unpaired) electrons. The molecule has 0 fully saturated rings. The van der Waals surface area contributed by atoms with E-state index in [-0.39, 0.29) is 0 Å².